The fourth-order valence-corrected chi connectivity index (χ4v) is 7.80. The molecule has 7 aromatic carbocycles. The molecule has 0 aliphatic rings. The van der Waals surface area contributed by atoms with Gasteiger partial charge in [0.15, 0.2) is 17.5 Å². The van der Waals surface area contributed by atoms with E-state index in [1.54, 1.807) is 0 Å². The van der Waals surface area contributed by atoms with Gasteiger partial charge in [0.05, 0.1) is 16.6 Å². The van der Waals surface area contributed by atoms with Crippen molar-refractivity contribution in [3.8, 4) is 45.3 Å². The van der Waals surface area contributed by atoms with Crippen molar-refractivity contribution in [3.63, 3.8) is 0 Å². The normalized spacial score (nSPS) is 12.0. The third kappa shape index (κ3) is 3.86. The maximum atomic E-state index is 6.77. The molecule has 0 aliphatic heterocycles. The molecule has 0 spiro atoms. The Bertz CT molecular complexity index is 3030. The lowest BCUT2D eigenvalue weighted by atomic mass is 9.98. The van der Waals surface area contributed by atoms with Crippen molar-refractivity contribution in [2.75, 3.05) is 0 Å². The number of benzene rings is 7. The smallest absolute Gasteiger partial charge is 0.164 e. The van der Waals surface area contributed by atoms with Gasteiger partial charge in [-0.15, -0.1) is 0 Å². The van der Waals surface area contributed by atoms with Crippen LogP contribution in [0.3, 0.4) is 0 Å². The molecule has 4 aromatic heterocycles. The number of rotatable bonds is 4. The standard InChI is InChI=1S/C45H26N4O/c1-3-12-27(13-4-1)43-46-44(28-14-5-2-6-15-28)48-45(47-43)30-17-9-16-29(26-30)31-19-10-22-35-40-38(50-42(31)35)25-24-37-39(40)34-21-11-20-33-32-18-7-8-23-36(32)49(37)41(33)34/h1-26H. The van der Waals surface area contributed by atoms with E-state index in [2.05, 4.69) is 101 Å². The number of hydrogen-bond acceptors (Lipinski definition) is 4. The van der Waals surface area contributed by atoms with E-state index in [1.807, 2.05) is 60.7 Å². The topological polar surface area (TPSA) is 56.2 Å². The largest absolute Gasteiger partial charge is 0.455 e. The third-order valence-corrected chi connectivity index (χ3v) is 9.98. The maximum Gasteiger partial charge on any atom is 0.164 e. The first kappa shape index (κ1) is 27.1. The molecule has 11 aromatic rings. The summed E-state index contributed by atoms with van der Waals surface area (Å²) in [4.78, 5) is 14.8. The summed E-state index contributed by atoms with van der Waals surface area (Å²) in [5, 5.41) is 7.27. The molecule has 0 saturated heterocycles. The molecule has 4 heterocycles. The molecule has 0 N–H and O–H groups in total. The highest BCUT2D eigenvalue weighted by atomic mass is 16.3. The summed E-state index contributed by atoms with van der Waals surface area (Å²) >= 11 is 0. The van der Waals surface area contributed by atoms with Gasteiger partial charge in [0.2, 0.25) is 0 Å². The van der Waals surface area contributed by atoms with E-state index >= 15 is 0 Å². The van der Waals surface area contributed by atoms with Crippen LogP contribution in [0.2, 0.25) is 0 Å². The second-order valence-corrected chi connectivity index (χ2v) is 12.8. The Morgan fingerprint density at radius 2 is 0.980 bits per heavy atom. The zero-order valence-corrected chi connectivity index (χ0v) is 26.7. The van der Waals surface area contributed by atoms with Crippen LogP contribution in [0.1, 0.15) is 0 Å². The Hall–Kier alpha value is -6.85. The minimum Gasteiger partial charge on any atom is -0.455 e. The molecular weight excluding hydrogens is 613 g/mol. The second kappa shape index (κ2) is 10.3. The number of fused-ring (bicyclic) bond motifs is 10. The van der Waals surface area contributed by atoms with Crippen molar-refractivity contribution in [1.29, 1.82) is 0 Å². The van der Waals surface area contributed by atoms with E-state index in [4.69, 9.17) is 19.4 Å². The van der Waals surface area contributed by atoms with Crippen LogP contribution in [0.25, 0.3) is 105 Å². The van der Waals surface area contributed by atoms with E-state index in [0.29, 0.717) is 17.5 Å². The van der Waals surface area contributed by atoms with Gasteiger partial charge in [0.25, 0.3) is 0 Å². The molecule has 11 rings (SSSR count). The van der Waals surface area contributed by atoms with Crippen LogP contribution in [-0.4, -0.2) is 19.4 Å². The molecule has 0 atom stereocenters. The van der Waals surface area contributed by atoms with Crippen LogP contribution in [0.5, 0.6) is 0 Å². The summed E-state index contributed by atoms with van der Waals surface area (Å²) in [6, 6.07) is 54.7. The minimum absolute atomic E-state index is 0.622. The number of furan rings is 1. The van der Waals surface area contributed by atoms with Crippen molar-refractivity contribution in [2.24, 2.45) is 0 Å². The van der Waals surface area contributed by atoms with E-state index in [0.717, 1.165) is 49.8 Å². The average Bonchev–Trinajstić information content (AvgIpc) is 3.85. The van der Waals surface area contributed by atoms with Crippen molar-refractivity contribution in [2.45, 2.75) is 0 Å². The summed E-state index contributed by atoms with van der Waals surface area (Å²) in [7, 11) is 0. The summed E-state index contributed by atoms with van der Waals surface area (Å²) in [6.45, 7) is 0. The summed E-state index contributed by atoms with van der Waals surface area (Å²) in [6.07, 6.45) is 0. The van der Waals surface area contributed by atoms with E-state index in [1.165, 1.54) is 38.1 Å². The van der Waals surface area contributed by atoms with Crippen molar-refractivity contribution >= 4 is 60.0 Å². The SMILES string of the molecule is c1ccc(-c2nc(-c3ccccc3)nc(-c3cccc(-c4cccc5c4oc4ccc6c(c7cccc8c9ccccc9n6c87)c45)c3)n2)cc1. The van der Waals surface area contributed by atoms with Gasteiger partial charge < -0.3 is 8.82 Å². The molecule has 0 fully saturated rings. The first-order chi connectivity index (χ1) is 24.8. The Balaban J connectivity index is 1.12. The van der Waals surface area contributed by atoms with Gasteiger partial charge >= 0.3 is 0 Å². The van der Waals surface area contributed by atoms with Crippen molar-refractivity contribution < 1.29 is 4.42 Å². The zero-order valence-electron chi connectivity index (χ0n) is 26.7. The molecular formula is C45H26N4O. The van der Waals surface area contributed by atoms with Crippen LogP contribution in [0.4, 0.5) is 0 Å². The van der Waals surface area contributed by atoms with Gasteiger partial charge in [0.1, 0.15) is 11.2 Å². The minimum atomic E-state index is 0.622. The van der Waals surface area contributed by atoms with E-state index < -0.39 is 0 Å². The Kier molecular flexibility index (Phi) is 5.60. The number of nitrogens with zero attached hydrogens (tertiary/aromatic N) is 4. The predicted molar refractivity (Wildman–Crippen MR) is 204 cm³/mol. The van der Waals surface area contributed by atoms with Crippen LogP contribution in [0.15, 0.2) is 162 Å². The maximum absolute atomic E-state index is 6.77. The quantitative estimate of drug-likeness (QED) is 0.192. The first-order valence-corrected chi connectivity index (χ1v) is 16.8. The Labute approximate surface area is 286 Å². The van der Waals surface area contributed by atoms with E-state index in [9.17, 15) is 0 Å². The predicted octanol–water partition coefficient (Wildman–Crippen LogP) is 11.6. The Morgan fingerprint density at radius 3 is 1.76 bits per heavy atom. The third-order valence-electron chi connectivity index (χ3n) is 9.98. The fourth-order valence-electron chi connectivity index (χ4n) is 7.80. The molecule has 0 unspecified atom stereocenters. The average molecular weight is 639 g/mol. The zero-order chi connectivity index (χ0) is 32.8. The second-order valence-electron chi connectivity index (χ2n) is 12.8. The molecule has 232 valence electrons. The highest BCUT2D eigenvalue weighted by Gasteiger charge is 2.22. The van der Waals surface area contributed by atoms with Gasteiger partial charge in [0, 0.05) is 54.6 Å². The van der Waals surface area contributed by atoms with Gasteiger partial charge in [-0.2, -0.15) is 0 Å². The van der Waals surface area contributed by atoms with Crippen LogP contribution in [-0.2, 0) is 0 Å². The molecule has 0 radical (unpaired) electrons. The van der Waals surface area contributed by atoms with E-state index in [-0.39, 0.29) is 0 Å². The molecule has 50 heavy (non-hydrogen) atoms. The van der Waals surface area contributed by atoms with Crippen LogP contribution >= 0.6 is 0 Å². The van der Waals surface area contributed by atoms with Crippen molar-refractivity contribution in [1.82, 2.24) is 19.4 Å². The monoisotopic (exact) mass is 638 g/mol. The lowest BCUT2D eigenvalue weighted by molar-refractivity contribution is 0.670. The fraction of sp³-hybridized carbons (Fsp3) is 0. The van der Waals surface area contributed by atoms with Gasteiger partial charge in [-0.25, -0.2) is 15.0 Å². The molecule has 0 aliphatic carbocycles. The van der Waals surface area contributed by atoms with Gasteiger partial charge in [-0.1, -0.05) is 133 Å². The number of para-hydroxylation sites is 3. The number of hydrogen-bond donors (Lipinski definition) is 0. The lowest BCUT2D eigenvalue weighted by Crippen LogP contribution is -2.00. The molecule has 0 bridgehead atoms. The molecule has 0 saturated carbocycles. The lowest BCUT2D eigenvalue weighted by Gasteiger charge is -2.10. The van der Waals surface area contributed by atoms with Crippen molar-refractivity contribution in [3.05, 3.63) is 158 Å². The highest BCUT2D eigenvalue weighted by Crippen LogP contribution is 2.45. The highest BCUT2D eigenvalue weighted by molar-refractivity contribution is 6.32. The summed E-state index contributed by atoms with van der Waals surface area (Å²) in [5.41, 5.74) is 10.3. The molecule has 0 amide bonds. The molecule has 5 heteroatoms. The molecule has 5 nitrogen and oxygen atoms in total. The van der Waals surface area contributed by atoms with Crippen LogP contribution in [0, 0.1) is 0 Å². The van der Waals surface area contributed by atoms with Crippen LogP contribution < -0.4 is 0 Å². The summed E-state index contributed by atoms with van der Waals surface area (Å²) < 4.78 is 9.19. The Morgan fingerprint density at radius 1 is 0.400 bits per heavy atom. The van der Waals surface area contributed by atoms with Gasteiger partial charge in [-0.05, 0) is 29.8 Å². The first-order valence-electron chi connectivity index (χ1n) is 16.8. The summed E-state index contributed by atoms with van der Waals surface area (Å²) in [5.74, 6) is 1.90. The van der Waals surface area contributed by atoms with Gasteiger partial charge in [-0.3, -0.25) is 0 Å². The number of aromatic nitrogens is 4.